The van der Waals surface area contributed by atoms with Gasteiger partial charge in [0.05, 0.1) is 0 Å². The van der Waals surface area contributed by atoms with Gasteiger partial charge in [-0.2, -0.15) is 0 Å². The first-order valence-electron chi connectivity index (χ1n) is 3.68. The number of isocyanates is 1. The van der Waals surface area contributed by atoms with Crippen molar-refractivity contribution in [2.24, 2.45) is 0 Å². The number of aromatic hydroxyl groups is 1. The normalized spacial score (nSPS) is 7.69. The summed E-state index contributed by atoms with van der Waals surface area (Å²) >= 11 is 0. The molecule has 1 aromatic carbocycles. The highest BCUT2D eigenvalue weighted by Crippen LogP contribution is 2.15. The van der Waals surface area contributed by atoms with Gasteiger partial charge in [0.2, 0.25) is 6.08 Å². The minimum absolute atomic E-state index is 0.349. The molecule has 0 saturated carbocycles. The van der Waals surface area contributed by atoms with Crippen LogP contribution in [0.3, 0.4) is 0 Å². The van der Waals surface area contributed by atoms with Gasteiger partial charge in [-0.05, 0) is 18.1 Å². The molecular formula is C10H11NO2. The summed E-state index contributed by atoms with van der Waals surface area (Å²) in [6.07, 6.45) is 3.25. The number of hydrogen-bond acceptors (Lipinski definition) is 3. The molecule has 0 fully saturated rings. The largest absolute Gasteiger partial charge is 0.508 e. The van der Waals surface area contributed by atoms with Crippen molar-refractivity contribution in [3.05, 3.63) is 42.5 Å². The summed E-state index contributed by atoms with van der Waals surface area (Å²) in [7, 11) is 0. The molecule has 3 nitrogen and oxygen atoms in total. The molecule has 0 aliphatic rings. The van der Waals surface area contributed by atoms with Gasteiger partial charge in [-0.1, -0.05) is 24.3 Å². The zero-order valence-corrected chi connectivity index (χ0v) is 7.16. The lowest BCUT2D eigenvalue weighted by molar-refractivity contribution is 0.470. The average molecular weight is 177 g/mol. The molecule has 2 N–H and O–H groups in total. The van der Waals surface area contributed by atoms with Crippen LogP contribution in [0.4, 0.5) is 0 Å². The molecule has 0 aromatic heterocycles. The third-order valence-corrected chi connectivity index (χ3v) is 1.36. The molecule has 0 bridgehead atoms. The summed E-state index contributed by atoms with van der Waals surface area (Å²) in [4.78, 5) is 8.35. The Balaban J connectivity index is 0.000000424. The fourth-order valence-corrected chi connectivity index (χ4v) is 0.839. The second-order valence-electron chi connectivity index (χ2n) is 2.22. The molecule has 0 unspecified atom stereocenters. The third kappa shape index (κ3) is 4.56. The Labute approximate surface area is 76.8 Å². The predicted octanol–water partition coefficient (Wildman–Crippen LogP) is 2.02. The van der Waals surface area contributed by atoms with Gasteiger partial charge < -0.3 is 5.11 Å². The molecule has 0 aliphatic carbocycles. The van der Waals surface area contributed by atoms with Gasteiger partial charge in [-0.3, -0.25) is 0 Å². The van der Waals surface area contributed by atoms with Crippen molar-refractivity contribution in [1.29, 1.82) is 5.41 Å². The fourth-order valence-electron chi connectivity index (χ4n) is 0.839. The summed E-state index contributed by atoms with van der Waals surface area (Å²) < 4.78 is 0. The first kappa shape index (κ1) is 11.1. The quantitative estimate of drug-likeness (QED) is 0.412. The number of carbonyl (C=O) groups excluding carboxylic acids is 1. The summed E-state index contributed by atoms with van der Waals surface area (Å²) in [6.45, 7) is 3.59. The maximum absolute atomic E-state index is 9.19. The number of allylic oxidation sites excluding steroid dienone is 1. The van der Waals surface area contributed by atoms with Gasteiger partial charge >= 0.3 is 0 Å². The van der Waals surface area contributed by atoms with E-state index in [1.807, 2.05) is 18.2 Å². The van der Waals surface area contributed by atoms with Crippen molar-refractivity contribution in [3.63, 3.8) is 0 Å². The summed E-state index contributed by atoms with van der Waals surface area (Å²) in [5.41, 5.74) is 0.928. The van der Waals surface area contributed by atoms with Crippen LogP contribution in [-0.2, 0) is 11.2 Å². The molecule has 0 saturated heterocycles. The molecule has 13 heavy (non-hydrogen) atoms. The number of benzene rings is 1. The lowest BCUT2D eigenvalue weighted by atomic mass is 10.1. The molecule has 3 heteroatoms. The van der Waals surface area contributed by atoms with E-state index in [-0.39, 0.29) is 0 Å². The maximum Gasteiger partial charge on any atom is 0.231 e. The van der Waals surface area contributed by atoms with Crippen molar-refractivity contribution in [2.45, 2.75) is 6.42 Å². The van der Waals surface area contributed by atoms with Crippen molar-refractivity contribution in [2.75, 3.05) is 0 Å². The fraction of sp³-hybridized carbons (Fsp3) is 0.100. The highest BCUT2D eigenvalue weighted by Gasteiger charge is 1.93. The Bertz CT molecular complexity index is 302. The van der Waals surface area contributed by atoms with E-state index in [0.29, 0.717) is 5.75 Å². The van der Waals surface area contributed by atoms with Gasteiger partial charge in [-0.25, -0.2) is 10.2 Å². The van der Waals surface area contributed by atoms with E-state index < -0.39 is 0 Å². The lowest BCUT2D eigenvalue weighted by Gasteiger charge is -1.97. The highest BCUT2D eigenvalue weighted by molar-refractivity contribution is 5.32. The van der Waals surface area contributed by atoms with Crippen LogP contribution in [0.25, 0.3) is 0 Å². The Hall–Kier alpha value is -1.86. The Morgan fingerprint density at radius 3 is 2.54 bits per heavy atom. The Morgan fingerprint density at radius 1 is 1.54 bits per heavy atom. The first-order valence-corrected chi connectivity index (χ1v) is 3.68. The van der Waals surface area contributed by atoms with E-state index >= 15 is 0 Å². The van der Waals surface area contributed by atoms with Gasteiger partial charge in [-0.15, -0.1) is 6.58 Å². The number of phenolic OH excluding ortho intramolecular Hbond substituents is 1. The number of hydrogen-bond donors (Lipinski definition) is 2. The molecule has 0 spiro atoms. The van der Waals surface area contributed by atoms with Crippen LogP contribution < -0.4 is 0 Å². The SMILES string of the molecule is C=CCc1ccccc1O.N=C=O. The number of phenols is 1. The van der Waals surface area contributed by atoms with E-state index in [1.165, 1.54) is 0 Å². The first-order chi connectivity index (χ1) is 6.26. The van der Waals surface area contributed by atoms with E-state index in [4.69, 9.17) is 10.2 Å². The molecular weight excluding hydrogens is 166 g/mol. The van der Waals surface area contributed by atoms with E-state index in [9.17, 15) is 5.11 Å². The van der Waals surface area contributed by atoms with Crippen LogP contribution in [-0.4, -0.2) is 11.2 Å². The number of nitrogens with one attached hydrogen (secondary N) is 1. The molecule has 0 atom stereocenters. The van der Waals surface area contributed by atoms with Gasteiger partial charge in [0.1, 0.15) is 5.75 Å². The second kappa shape index (κ2) is 6.83. The molecule has 1 aromatic rings. The maximum atomic E-state index is 9.19. The molecule has 0 aliphatic heterocycles. The van der Waals surface area contributed by atoms with Crippen LogP contribution in [0.2, 0.25) is 0 Å². The second-order valence-corrected chi connectivity index (χ2v) is 2.22. The molecule has 68 valence electrons. The van der Waals surface area contributed by atoms with Crippen LogP contribution in [0.5, 0.6) is 5.75 Å². The molecule has 0 radical (unpaired) electrons. The molecule has 1 rings (SSSR count). The number of para-hydroxylation sites is 1. The summed E-state index contributed by atoms with van der Waals surface area (Å²) in [6, 6.07) is 7.27. The van der Waals surface area contributed by atoms with Gasteiger partial charge in [0.25, 0.3) is 0 Å². The van der Waals surface area contributed by atoms with Gasteiger partial charge in [0, 0.05) is 0 Å². The number of rotatable bonds is 2. The van der Waals surface area contributed by atoms with Crippen molar-refractivity contribution in [3.8, 4) is 5.75 Å². The molecule has 0 heterocycles. The van der Waals surface area contributed by atoms with Crippen molar-refractivity contribution < 1.29 is 9.90 Å². The van der Waals surface area contributed by atoms with Crippen LogP contribution in [0, 0.1) is 5.41 Å². The van der Waals surface area contributed by atoms with Gasteiger partial charge in [0.15, 0.2) is 0 Å². The average Bonchev–Trinajstić information content (AvgIpc) is 2.11. The van der Waals surface area contributed by atoms with Crippen LogP contribution >= 0.6 is 0 Å². The zero-order chi connectivity index (χ0) is 10.1. The Kier molecular flexibility index (Phi) is 5.85. The minimum atomic E-state index is 0.349. The summed E-state index contributed by atoms with van der Waals surface area (Å²) in [5.74, 6) is 0.349. The Morgan fingerprint density at radius 2 is 2.08 bits per heavy atom. The smallest absolute Gasteiger partial charge is 0.231 e. The van der Waals surface area contributed by atoms with Crippen LogP contribution in [0.15, 0.2) is 36.9 Å². The standard InChI is InChI=1S/C9H10O.CHNO/c1-2-5-8-6-3-4-7-9(8)10;2-1-3/h2-4,6-7,10H,1,5H2;2H. The highest BCUT2D eigenvalue weighted by atomic mass is 16.3. The molecule has 0 amide bonds. The van der Waals surface area contributed by atoms with E-state index in [2.05, 4.69) is 6.58 Å². The van der Waals surface area contributed by atoms with E-state index in [0.717, 1.165) is 18.1 Å². The van der Waals surface area contributed by atoms with E-state index in [1.54, 1.807) is 12.1 Å². The lowest BCUT2D eigenvalue weighted by Crippen LogP contribution is -1.79. The minimum Gasteiger partial charge on any atom is -0.508 e. The zero-order valence-electron chi connectivity index (χ0n) is 7.16. The predicted molar refractivity (Wildman–Crippen MR) is 50.4 cm³/mol. The summed E-state index contributed by atoms with van der Waals surface area (Å²) in [5, 5.41) is 14.6. The van der Waals surface area contributed by atoms with Crippen molar-refractivity contribution in [1.82, 2.24) is 0 Å². The third-order valence-electron chi connectivity index (χ3n) is 1.36. The monoisotopic (exact) mass is 177 g/mol. The van der Waals surface area contributed by atoms with Crippen molar-refractivity contribution >= 4 is 6.08 Å². The topological polar surface area (TPSA) is 61.1 Å². The van der Waals surface area contributed by atoms with Crippen LogP contribution in [0.1, 0.15) is 5.56 Å².